The van der Waals surface area contributed by atoms with Crippen LogP contribution in [0.4, 0.5) is 0 Å². The lowest BCUT2D eigenvalue weighted by atomic mass is 9.96. The number of hydrogen-bond donors (Lipinski definition) is 3. The summed E-state index contributed by atoms with van der Waals surface area (Å²) in [6.45, 7) is 3.01. The first-order chi connectivity index (χ1) is 23.3. The van der Waals surface area contributed by atoms with Gasteiger partial charge in [0.25, 0.3) is 0 Å². The molecule has 1 aliphatic heterocycles. The summed E-state index contributed by atoms with van der Waals surface area (Å²) in [7, 11) is 4.65. The summed E-state index contributed by atoms with van der Waals surface area (Å²) in [6.07, 6.45) is 6.38. The van der Waals surface area contributed by atoms with Crippen LogP contribution in [0.3, 0.4) is 0 Å². The van der Waals surface area contributed by atoms with Crippen LogP contribution in [0.5, 0.6) is 28.9 Å². The minimum atomic E-state index is -1.09. The normalized spacial score (nSPS) is 13.2. The summed E-state index contributed by atoms with van der Waals surface area (Å²) < 4.78 is 28.8. The van der Waals surface area contributed by atoms with Gasteiger partial charge in [0.05, 0.1) is 33.0 Å². The molecule has 3 N–H and O–H groups in total. The molecule has 3 aromatic rings. The van der Waals surface area contributed by atoms with E-state index in [2.05, 4.69) is 17.4 Å². The lowest BCUT2D eigenvalue weighted by Gasteiger charge is -2.19. The van der Waals surface area contributed by atoms with E-state index in [0.29, 0.717) is 70.7 Å². The summed E-state index contributed by atoms with van der Waals surface area (Å²) in [5.74, 6) is 0.638. The van der Waals surface area contributed by atoms with Crippen molar-refractivity contribution in [3.8, 4) is 28.9 Å². The molecule has 2 heterocycles. The number of fused-ring (bicyclic) bond motifs is 1. The van der Waals surface area contributed by atoms with Gasteiger partial charge in [-0.15, -0.1) is 0 Å². The molecule has 0 saturated heterocycles. The maximum absolute atomic E-state index is 12.6. The Morgan fingerprint density at radius 1 is 0.979 bits per heavy atom. The van der Waals surface area contributed by atoms with Crippen LogP contribution in [0, 0.1) is 0 Å². The van der Waals surface area contributed by atoms with Gasteiger partial charge >= 0.3 is 11.9 Å². The van der Waals surface area contributed by atoms with Crippen LogP contribution < -0.4 is 29.2 Å². The van der Waals surface area contributed by atoms with Crippen molar-refractivity contribution in [1.29, 1.82) is 0 Å². The van der Waals surface area contributed by atoms with Gasteiger partial charge in [-0.2, -0.15) is 5.48 Å². The van der Waals surface area contributed by atoms with E-state index in [1.54, 1.807) is 55.7 Å². The Kier molecular flexibility index (Phi) is 13.1. The van der Waals surface area contributed by atoms with E-state index >= 15 is 0 Å². The number of rotatable bonds is 17. The molecule has 12 heteroatoms. The fourth-order valence-electron chi connectivity index (χ4n) is 5.21. The number of nitrogens with zero attached hydrogens (tertiary/aromatic N) is 1. The van der Waals surface area contributed by atoms with Gasteiger partial charge in [0.2, 0.25) is 5.88 Å². The Morgan fingerprint density at radius 2 is 1.73 bits per heavy atom. The Labute approximate surface area is 279 Å². The van der Waals surface area contributed by atoms with E-state index in [0.717, 1.165) is 19.3 Å². The number of benzene rings is 2. The lowest BCUT2D eigenvalue weighted by molar-refractivity contribution is -0.132. The summed E-state index contributed by atoms with van der Waals surface area (Å²) in [5, 5.41) is 20.0. The molecule has 1 aliphatic rings. The van der Waals surface area contributed by atoms with Gasteiger partial charge in [-0.25, -0.2) is 14.6 Å². The molecule has 48 heavy (non-hydrogen) atoms. The van der Waals surface area contributed by atoms with Gasteiger partial charge in [-0.1, -0.05) is 37.6 Å². The molecule has 0 atom stereocenters. The Balaban J connectivity index is 1.77. The highest BCUT2D eigenvalue weighted by molar-refractivity contribution is 5.89. The standard InChI is InChI=1S/C36H42N2O10/c1-5-6-12-29(48-37-2)27(28-21-38-34(44-4)20-31(28)47-22-24-10-7-8-11-26(24)36(41)42)14-13-23(35(39)40)17-25-18-32-33(19-30(25)43-3)46-16-9-15-45-32/h7-8,10-11,13,18-21,37H,5-6,9,12,14-17,22H2,1-4H3,(H,39,40)(H,41,42)/b23-13+,29-27+. The third kappa shape index (κ3) is 9.19. The molecule has 12 nitrogen and oxygen atoms in total. The zero-order chi connectivity index (χ0) is 34.5. The monoisotopic (exact) mass is 662 g/mol. The minimum Gasteiger partial charge on any atom is -0.496 e. The van der Waals surface area contributed by atoms with Crippen molar-refractivity contribution in [3.63, 3.8) is 0 Å². The number of hydroxylamine groups is 1. The van der Waals surface area contributed by atoms with Crippen LogP contribution in [0.1, 0.15) is 66.1 Å². The van der Waals surface area contributed by atoms with Gasteiger partial charge < -0.3 is 38.7 Å². The van der Waals surface area contributed by atoms with Gasteiger partial charge in [-0.05, 0) is 25.0 Å². The molecule has 1 aromatic heterocycles. The van der Waals surface area contributed by atoms with Gasteiger partial charge in [-0.3, -0.25) is 0 Å². The highest BCUT2D eigenvalue weighted by Gasteiger charge is 2.22. The van der Waals surface area contributed by atoms with Crippen molar-refractivity contribution >= 4 is 17.5 Å². The number of ether oxygens (including phenoxy) is 5. The zero-order valence-electron chi connectivity index (χ0n) is 27.7. The summed E-state index contributed by atoms with van der Waals surface area (Å²) in [6, 6.07) is 11.7. The summed E-state index contributed by atoms with van der Waals surface area (Å²) in [5.41, 5.74) is 5.29. The molecule has 0 fully saturated rings. The van der Waals surface area contributed by atoms with Gasteiger partial charge in [0.15, 0.2) is 11.5 Å². The quantitative estimate of drug-likeness (QED) is 0.0852. The molecule has 0 amide bonds. The Morgan fingerprint density at radius 3 is 2.40 bits per heavy atom. The van der Waals surface area contributed by atoms with Crippen molar-refractivity contribution in [2.75, 3.05) is 34.5 Å². The number of hydrogen-bond acceptors (Lipinski definition) is 10. The molecule has 256 valence electrons. The van der Waals surface area contributed by atoms with Crippen LogP contribution in [-0.2, 0) is 22.7 Å². The zero-order valence-corrected chi connectivity index (χ0v) is 27.7. The van der Waals surface area contributed by atoms with Crippen molar-refractivity contribution in [1.82, 2.24) is 10.5 Å². The lowest BCUT2D eigenvalue weighted by Crippen LogP contribution is -2.11. The molecule has 0 saturated carbocycles. The number of carboxylic acid groups (broad SMARTS) is 2. The molecule has 4 rings (SSSR count). The van der Waals surface area contributed by atoms with E-state index < -0.39 is 11.9 Å². The van der Waals surface area contributed by atoms with Gasteiger partial charge in [0.1, 0.15) is 23.9 Å². The maximum Gasteiger partial charge on any atom is 0.336 e. The van der Waals surface area contributed by atoms with E-state index in [1.807, 2.05) is 0 Å². The second kappa shape index (κ2) is 17.6. The highest BCUT2D eigenvalue weighted by Crippen LogP contribution is 2.39. The van der Waals surface area contributed by atoms with Crippen LogP contribution in [0.15, 0.2) is 66.1 Å². The van der Waals surface area contributed by atoms with Crippen LogP contribution in [0.2, 0.25) is 0 Å². The number of unbranched alkanes of at least 4 members (excludes halogenated alkanes) is 1. The predicted molar refractivity (Wildman–Crippen MR) is 178 cm³/mol. The predicted octanol–water partition coefficient (Wildman–Crippen LogP) is 6.23. The molecule has 2 aromatic carbocycles. The summed E-state index contributed by atoms with van der Waals surface area (Å²) in [4.78, 5) is 34.8. The fraction of sp³-hybridized carbons (Fsp3) is 0.361. The summed E-state index contributed by atoms with van der Waals surface area (Å²) >= 11 is 0. The van der Waals surface area contributed by atoms with Crippen LogP contribution in [-0.4, -0.2) is 61.6 Å². The smallest absolute Gasteiger partial charge is 0.336 e. The maximum atomic E-state index is 12.6. The first-order valence-electron chi connectivity index (χ1n) is 15.7. The number of carboxylic acids is 2. The second-order valence-electron chi connectivity index (χ2n) is 10.9. The average Bonchev–Trinajstić information content (AvgIpc) is 3.33. The third-order valence-corrected chi connectivity index (χ3v) is 7.68. The van der Waals surface area contributed by atoms with Crippen LogP contribution in [0.25, 0.3) is 5.57 Å². The second-order valence-corrected chi connectivity index (χ2v) is 10.9. The first-order valence-corrected chi connectivity index (χ1v) is 15.7. The molecular weight excluding hydrogens is 620 g/mol. The number of aromatic nitrogens is 1. The number of nitrogens with one attached hydrogen (secondary N) is 1. The topological polar surface area (TPSA) is 155 Å². The van der Waals surface area contributed by atoms with Crippen molar-refractivity contribution < 1.29 is 48.3 Å². The fourth-order valence-corrected chi connectivity index (χ4v) is 5.21. The SMILES string of the molecule is CCCC/C(ONC)=C(/C/C=C(\Cc1cc2c(cc1OC)OCCCO2)C(=O)O)c1cnc(OC)cc1OCc1ccccc1C(=O)O. The number of methoxy groups -OCH3 is 2. The number of aromatic carboxylic acids is 1. The van der Waals surface area contributed by atoms with E-state index in [4.69, 9.17) is 28.5 Å². The van der Waals surface area contributed by atoms with Crippen molar-refractivity contribution in [2.24, 2.45) is 0 Å². The van der Waals surface area contributed by atoms with E-state index in [1.165, 1.54) is 20.3 Å². The molecule has 0 unspecified atom stereocenters. The number of aliphatic carboxylic acids is 1. The number of allylic oxidation sites excluding steroid dienone is 3. The number of carbonyl (C=O) groups is 2. The van der Waals surface area contributed by atoms with Crippen molar-refractivity contribution in [2.45, 2.75) is 52.1 Å². The van der Waals surface area contributed by atoms with E-state index in [-0.39, 0.29) is 36.5 Å². The number of pyridine rings is 1. The first kappa shape index (κ1) is 35.6. The molecule has 0 aliphatic carbocycles. The van der Waals surface area contributed by atoms with Crippen LogP contribution >= 0.6 is 0 Å². The van der Waals surface area contributed by atoms with Crippen molar-refractivity contribution in [3.05, 3.63) is 88.3 Å². The Hall–Kier alpha value is -5.23. The minimum absolute atomic E-state index is 0.0484. The van der Waals surface area contributed by atoms with E-state index in [9.17, 15) is 19.8 Å². The molecule has 0 radical (unpaired) electrons. The largest absolute Gasteiger partial charge is 0.496 e. The molecular formula is C36H42N2O10. The molecule has 0 bridgehead atoms. The Bertz CT molecular complexity index is 1650. The highest BCUT2D eigenvalue weighted by atomic mass is 16.6. The molecule has 0 spiro atoms. The van der Waals surface area contributed by atoms with Gasteiger partial charge in [0, 0.05) is 72.5 Å². The average molecular weight is 663 g/mol. The third-order valence-electron chi connectivity index (χ3n) is 7.68.